The van der Waals surface area contributed by atoms with Gasteiger partial charge >= 0.3 is 0 Å². The SMILES string of the molecule is CC(C)N1CCC(NC(=O)c2csc(Nc3cccc([C@H]4CCCN(CC#N)C4)n3)n2)CC1. The molecule has 0 radical (unpaired) electrons. The molecule has 2 aliphatic rings. The predicted molar refractivity (Wildman–Crippen MR) is 131 cm³/mol. The molecule has 0 saturated carbocycles. The van der Waals surface area contributed by atoms with E-state index in [9.17, 15) is 4.79 Å². The zero-order valence-corrected chi connectivity index (χ0v) is 20.3. The second-order valence-electron chi connectivity index (χ2n) is 9.22. The van der Waals surface area contributed by atoms with Gasteiger partial charge in [-0.05, 0) is 58.2 Å². The van der Waals surface area contributed by atoms with Gasteiger partial charge in [0.2, 0.25) is 0 Å². The first-order valence-electron chi connectivity index (χ1n) is 11.9. The van der Waals surface area contributed by atoms with Crippen LogP contribution in [0.2, 0.25) is 0 Å². The summed E-state index contributed by atoms with van der Waals surface area (Å²) in [7, 11) is 0. The zero-order valence-electron chi connectivity index (χ0n) is 19.5. The van der Waals surface area contributed by atoms with Crippen LogP contribution in [-0.2, 0) is 0 Å². The molecule has 2 N–H and O–H groups in total. The van der Waals surface area contributed by atoms with E-state index in [1.807, 2.05) is 12.1 Å². The normalized spacial score (nSPS) is 20.5. The van der Waals surface area contributed by atoms with Gasteiger partial charge in [-0.15, -0.1) is 11.3 Å². The van der Waals surface area contributed by atoms with Crippen LogP contribution in [0.1, 0.15) is 61.6 Å². The molecule has 2 saturated heterocycles. The van der Waals surface area contributed by atoms with Gasteiger partial charge in [0.15, 0.2) is 5.13 Å². The molecule has 176 valence electrons. The van der Waals surface area contributed by atoms with Gasteiger partial charge in [-0.25, -0.2) is 9.97 Å². The van der Waals surface area contributed by atoms with E-state index >= 15 is 0 Å². The number of hydrogen-bond acceptors (Lipinski definition) is 8. The summed E-state index contributed by atoms with van der Waals surface area (Å²) in [4.78, 5) is 26.6. The van der Waals surface area contributed by atoms with Gasteiger partial charge in [0, 0.05) is 48.7 Å². The van der Waals surface area contributed by atoms with Crippen molar-refractivity contribution in [3.63, 3.8) is 0 Å². The molecule has 33 heavy (non-hydrogen) atoms. The fraction of sp³-hybridized carbons (Fsp3) is 0.583. The second-order valence-corrected chi connectivity index (χ2v) is 10.1. The highest BCUT2D eigenvalue weighted by atomic mass is 32.1. The summed E-state index contributed by atoms with van der Waals surface area (Å²) in [5.74, 6) is 0.949. The number of anilines is 2. The molecule has 0 unspecified atom stereocenters. The summed E-state index contributed by atoms with van der Waals surface area (Å²) < 4.78 is 0. The molecule has 0 bridgehead atoms. The van der Waals surface area contributed by atoms with E-state index in [-0.39, 0.29) is 11.9 Å². The molecule has 8 nitrogen and oxygen atoms in total. The van der Waals surface area contributed by atoms with Crippen molar-refractivity contribution in [1.29, 1.82) is 5.26 Å². The van der Waals surface area contributed by atoms with Crippen LogP contribution in [0.15, 0.2) is 23.6 Å². The van der Waals surface area contributed by atoms with Gasteiger partial charge in [0.1, 0.15) is 11.5 Å². The van der Waals surface area contributed by atoms with Crippen LogP contribution >= 0.6 is 11.3 Å². The van der Waals surface area contributed by atoms with E-state index in [1.165, 1.54) is 11.3 Å². The highest BCUT2D eigenvalue weighted by Crippen LogP contribution is 2.27. The van der Waals surface area contributed by atoms with Crippen molar-refractivity contribution in [3.8, 4) is 6.07 Å². The summed E-state index contributed by atoms with van der Waals surface area (Å²) in [6, 6.07) is 8.98. The smallest absolute Gasteiger partial charge is 0.271 e. The number of likely N-dealkylation sites (tertiary alicyclic amines) is 2. The summed E-state index contributed by atoms with van der Waals surface area (Å²) in [5, 5.41) is 17.9. The Balaban J connectivity index is 1.33. The van der Waals surface area contributed by atoms with Crippen LogP contribution in [0.5, 0.6) is 0 Å². The number of thiazole rings is 1. The Bertz CT molecular complexity index is 977. The number of carbonyl (C=O) groups excluding carboxylic acids is 1. The lowest BCUT2D eigenvalue weighted by Gasteiger charge is -2.34. The molecule has 0 spiro atoms. The number of nitrogens with one attached hydrogen (secondary N) is 2. The van der Waals surface area contributed by atoms with Gasteiger partial charge in [-0.3, -0.25) is 9.69 Å². The number of aromatic nitrogens is 2. The van der Waals surface area contributed by atoms with Crippen molar-refractivity contribution >= 4 is 28.2 Å². The van der Waals surface area contributed by atoms with Gasteiger partial charge in [-0.2, -0.15) is 5.26 Å². The molecule has 2 aliphatic heterocycles. The summed E-state index contributed by atoms with van der Waals surface area (Å²) in [5.41, 5.74) is 1.48. The number of amides is 1. The molecule has 1 amide bonds. The molecule has 2 aromatic rings. The standard InChI is InChI=1S/C24H33N7OS/c1-17(2)31-12-8-19(9-13-31)26-23(32)21-16-33-24(28-21)29-22-7-3-6-20(27-22)18-5-4-11-30(15-18)14-10-25/h3,6-7,16-19H,4-5,8-9,11-15H2,1-2H3,(H,26,32)(H,27,28,29)/t18-/m0/s1. The van der Waals surface area contributed by atoms with Crippen molar-refractivity contribution in [3.05, 3.63) is 35.0 Å². The van der Waals surface area contributed by atoms with Gasteiger partial charge in [0.25, 0.3) is 5.91 Å². The Morgan fingerprint density at radius 2 is 2.06 bits per heavy atom. The van der Waals surface area contributed by atoms with Crippen molar-refractivity contribution in [2.75, 3.05) is 38.0 Å². The molecular weight excluding hydrogens is 434 g/mol. The third-order valence-corrected chi connectivity index (χ3v) is 7.31. The van der Waals surface area contributed by atoms with Gasteiger partial charge in [0.05, 0.1) is 12.6 Å². The Morgan fingerprint density at radius 1 is 1.24 bits per heavy atom. The second kappa shape index (κ2) is 11.1. The average molecular weight is 468 g/mol. The number of carbonyl (C=O) groups is 1. The third kappa shape index (κ3) is 6.28. The lowest BCUT2D eigenvalue weighted by Crippen LogP contribution is -2.46. The van der Waals surface area contributed by atoms with Crippen LogP contribution in [0.4, 0.5) is 10.9 Å². The predicted octanol–water partition coefficient (Wildman–Crippen LogP) is 3.59. The maximum absolute atomic E-state index is 12.7. The Hall–Kier alpha value is -2.54. The number of nitriles is 1. The van der Waals surface area contributed by atoms with Crippen molar-refractivity contribution < 1.29 is 4.79 Å². The highest BCUT2D eigenvalue weighted by molar-refractivity contribution is 7.14. The van der Waals surface area contributed by atoms with Crippen LogP contribution < -0.4 is 10.6 Å². The van der Waals surface area contributed by atoms with Crippen molar-refractivity contribution in [1.82, 2.24) is 25.1 Å². The van der Waals surface area contributed by atoms with Crippen LogP contribution in [0.3, 0.4) is 0 Å². The van der Waals surface area contributed by atoms with Crippen molar-refractivity contribution in [2.24, 2.45) is 0 Å². The number of pyridine rings is 1. The van der Waals surface area contributed by atoms with Gasteiger partial charge in [-0.1, -0.05) is 6.07 Å². The lowest BCUT2D eigenvalue weighted by atomic mass is 9.94. The van der Waals surface area contributed by atoms with Crippen molar-refractivity contribution in [2.45, 2.75) is 57.5 Å². The molecule has 1 atom stereocenters. The number of rotatable bonds is 7. The Kier molecular flexibility index (Phi) is 7.91. The molecule has 2 fully saturated rings. The maximum Gasteiger partial charge on any atom is 0.271 e. The largest absolute Gasteiger partial charge is 0.348 e. The minimum absolute atomic E-state index is 0.108. The molecule has 4 heterocycles. The molecular formula is C24H33N7OS. The Morgan fingerprint density at radius 3 is 2.82 bits per heavy atom. The maximum atomic E-state index is 12.7. The first-order valence-corrected chi connectivity index (χ1v) is 12.7. The zero-order chi connectivity index (χ0) is 23.2. The van der Waals surface area contributed by atoms with Crippen LogP contribution in [0, 0.1) is 11.3 Å². The van der Waals surface area contributed by atoms with Crippen LogP contribution in [0.25, 0.3) is 0 Å². The van der Waals surface area contributed by atoms with E-state index in [2.05, 4.69) is 51.4 Å². The Labute approximate surface area is 200 Å². The fourth-order valence-corrected chi connectivity index (χ4v) is 5.35. The van der Waals surface area contributed by atoms with E-state index in [0.717, 1.165) is 63.4 Å². The first-order chi connectivity index (χ1) is 16.0. The molecule has 9 heteroatoms. The fourth-order valence-electron chi connectivity index (χ4n) is 4.65. The van der Waals surface area contributed by atoms with E-state index in [4.69, 9.17) is 10.2 Å². The molecule has 0 aromatic carbocycles. The number of piperidine rings is 2. The van der Waals surface area contributed by atoms with Gasteiger partial charge < -0.3 is 15.5 Å². The first kappa shape index (κ1) is 23.6. The number of hydrogen-bond donors (Lipinski definition) is 2. The summed E-state index contributed by atoms with van der Waals surface area (Å²) in [6.45, 7) is 8.77. The average Bonchev–Trinajstić information content (AvgIpc) is 3.29. The van der Waals surface area contributed by atoms with E-state index in [1.54, 1.807) is 5.38 Å². The topological polar surface area (TPSA) is 97.2 Å². The highest BCUT2D eigenvalue weighted by Gasteiger charge is 2.24. The van der Waals surface area contributed by atoms with E-state index < -0.39 is 0 Å². The quantitative estimate of drug-likeness (QED) is 0.601. The summed E-state index contributed by atoms with van der Waals surface area (Å²) >= 11 is 1.41. The minimum Gasteiger partial charge on any atom is -0.348 e. The monoisotopic (exact) mass is 467 g/mol. The van der Waals surface area contributed by atoms with E-state index in [0.29, 0.717) is 29.3 Å². The number of nitrogens with zero attached hydrogens (tertiary/aromatic N) is 5. The third-order valence-electron chi connectivity index (χ3n) is 6.56. The summed E-state index contributed by atoms with van der Waals surface area (Å²) in [6.07, 6.45) is 4.11. The molecule has 0 aliphatic carbocycles. The lowest BCUT2D eigenvalue weighted by molar-refractivity contribution is 0.0896. The molecule has 2 aromatic heterocycles. The van der Waals surface area contributed by atoms with Crippen LogP contribution in [-0.4, -0.2) is 70.5 Å². The molecule has 4 rings (SSSR count). The minimum atomic E-state index is -0.108.